The molecule has 5 nitrogen and oxygen atoms in total. The molecule has 0 saturated carbocycles. The molecule has 156 valence electrons. The van der Waals surface area contributed by atoms with E-state index >= 15 is 0 Å². The van der Waals surface area contributed by atoms with E-state index in [-0.39, 0.29) is 11.9 Å². The molecule has 1 heterocycles. The highest BCUT2D eigenvalue weighted by molar-refractivity contribution is 5.94. The minimum atomic E-state index is -0.116. The third-order valence-corrected chi connectivity index (χ3v) is 5.75. The number of nitrogens with one attached hydrogen (secondary N) is 2. The van der Waals surface area contributed by atoms with Gasteiger partial charge < -0.3 is 15.4 Å². The summed E-state index contributed by atoms with van der Waals surface area (Å²) in [5, 5.41) is 6.27. The predicted octanol–water partition coefficient (Wildman–Crippen LogP) is 3.91. The fraction of sp³-hybridized carbons (Fsp3) is 0.458. The first-order valence-corrected chi connectivity index (χ1v) is 10.6. The molecular weight excluding hydrogens is 362 g/mol. The topological polar surface area (TPSA) is 53.6 Å². The Bertz CT molecular complexity index is 740. The lowest BCUT2D eigenvalue weighted by atomic mass is 9.93. The number of piperidine rings is 1. The van der Waals surface area contributed by atoms with Gasteiger partial charge in [0.1, 0.15) is 12.4 Å². The van der Waals surface area contributed by atoms with Crippen LogP contribution < -0.4 is 15.4 Å². The third kappa shape index (κ3) is 6.58. The largest absolute Gasteiger partial charge is 0.489 e. The summed E-state index contributed by atoms with van der Waals surface area (Å²) < 4.78 is 5.81. The van der Waals surface area contributed by atoms with Crippen LogP contribution in [0.1, 0.15) is 31.7 Å². The molecule has 0 aliphatic carbocycles. The molecule has 1 atom stereocenters. The van der Waals surface area contributed by atoms with Gasteiger partial charge in [-0.3, -0.25) is 9.69 Å². The maximum absolute atomic E-state index is 12.7. The second-order valence-corrected chi connectivity index (χ2v) is 7.84. The van der Waals surface area contributed by atoms with Crippen LogP contribution in [0.2, 0.25) is 0 Å². The van der Waals surface area contributed by atoms with E-state index in [1.54, 1.807) is 0 Å². The van der Waals surface area contributed by atoms with Crippen LogP contribution in [0.3, 0.4) is 0 Å². The molecule has 0 spiro atoms. The standard InChI is InChI=1S/C24H33N3O2/c1-19(27-16-13-20(14-17-27)12-15-25-2)24(28)26-22-8-10-23(11-9-22)29-18-21-6-4-3-5-7-21/h3-11,19-20,25H,12-18H2,1-2H3,(H,26,28). The maximum atomic E-state index is 12.7. The number of hydrogen-bond acceptors (Lipinski definition) is 4. The first kappa shape index (κ1) is 21.3. The number of nitrogens with zero attached hydrogens (tertiary/aromatic N) is 1. The van der Waals surface area contributed by atoms with Crippen molar-refractivity contribution in [2.24, 2.45) is 5.92 Å². The number of hydrogen-bond donors (Lipinski definition) is 2. The number of rotatable bonds is 9. The van der Waals surface area contributed by atoms with Crippen molar-refractivity contribution in [3.8, 4) is 5.75 Å². The van der Waals surface area contributed by atoms with Crippen LogP contribution in [-0.4, -0.2) is 43.5 Å². The minimum absolute atomic E-state index is 0.0524. The van der Waals surface area contributed by atoms with E-state index < -0.39 is 0 Å². The molecule has 1 saturated heterocycles. The van der Waals surface area contributed by atoms with E-state index in [1.165, 1.54) is 19.3 Å². The van der Waals surface area contributed by atoms with E-state index in [2.05, 4.69) is 15.5 Å². The second-order valence-electron chi connectivity index (χ2n) is 7.84. The Morgan fingerprint density at radius 1 is 1.10 bits per heavy atom. The Balaban J connectivity index is 1.44. The molecule has 1 fully saturated rings. The van der Waals surface area contributed by atoms with Crippen molar-refractivity contribution in [2.75, 3.05) is 32.0 Å². The third-order valence-electron chi connectivity index (χ3n) is 5.75. The van der Waals surface area contributed by atoms with Crippen molar-refractivity contribution in [3.05, 3.63) is 60.2 Å². The minimum Gasteiger partial charge on any atom is -0.489 e. The summed E-state index contributed by atoms with van der Waals surface area (Å²) in [6.07, 6.45) is 3.57. The Morgan fingerprint density at radius 3 is 2.45 bits per heavy atom. The zero-order valence-electron chi connectivity index (χ0n) is 17.6. The number of anilines is 1. The lowest BCUT2D eigenvalue weighted by Crippen LogP contribution is -2.46. The molecular formula is C24H33N3O2. The highest BCUT2D eigenvalue weighted by atomic mass is 16.5. The molecule has 5 heteroatoms. The average molecular weight is 396 g/mol. The van der Waals surface area contributed by atoms with E-state index in [0.717, 1.165) is 42.6 Å². The molecule has 1 amide bonds. The van der Waals surface area contributed by atoms with E-state index in [1.807, 2.05) is 68.6 Å². The number of likely N-dealkylation sites (tertiary alicyclic amines) is 1. The van der Waals surface area contributed by atoms with E-state index in [9.17, 15) is 4.79 Å². The van der Waals surface area contributed by atoms with Gasteiger partial charge in [0, 0.05) is 5.69 Å². The van der Waals surface area contributed by atoms with Crippen LogP contribution in [0.4, 0.5) is 5.69 Å². The quantitative estimate of drug-likeness (QED) is 0.676. The summed E-state index contributed by atoms with van der Waals surface area (Å²) in [5.41, 5.74) is 1.94. The van der Waals surface area contributed by atoms with Crippen molar-refractivity contribution in [2.45, 2.75) is 38.8 Å². The van der Waals surface area contributed by atoms with Gasteiger partial charge in [-0.2, -0.15) is 0 Å². The molecule has 1 unspecified atom stereocenters. The Morgan fingerprint density at radius 2 is 1.79 bits per heavy atom. The molecule has 2 aromatic carbocycles. The van der Waals surface area contributed by atoms with Gasteiger partial charge in [0.2, 0.25) is 5.91 Å². The van der Waals surface area contributed by atoms with Crippen LogP contribution in [-0.2, 0) is 11.4 Å². The van der Waals surface area contributed by atoms with Gasteiger partial charge in [0.05, 0.1) is 6.04 Å². The van der Waals surface area contributed by atoms with Crippen LogP contribution in [0.15, 0.2) is 54.6 Å². The van der Waals surface area contributed by atoms with Gasteiger partial charge in [-0.05, 0) is 88.6 Å². The number of amides is 1. The smallest absolute Gasteiger partial charge is 0.241 e. The summed E-state index contributed by atoms with van der Waals surface area (Å²) in [7, 11) is 2.00. The molecule has 0 aromatic heterocycles. The molecule has 1 aliphatic heterocycles. The predicted molar refractivity (Wildman–Crippen MR) is 118 cm³/mol. The van der Waals surface area contributed by atoms with E-state index in [4.69, 9.17) is 4.74 Å². The summed E-state index contributed by atoms with van der Waals surface area (Å²) >= 11 is 0. The number of carbonyl (C=O) groups is 1. The number of carbonyl (C=O) groups excluding carboxylic acids is 1. The highest BCUT2D eigenvalue weighted by Crippen LogP contribution is 2.22. The zero-order chi connectivity index (χ0) is 20.5. The Kier molecular flexibility index (Phi) is 8.08. The van der Waals surface area contributed by atoms with Crippen LogP contribution in [0.5, 0.6) is 5.75 Å². The van der Waals surface area contributed by atoms with Gasteiger partial charge in [0.15, 0.2) is 0 Å². The first-order chi connectivity index (χ1) is 14.2. The lowest BCUT2D eigenvalue weighted by Gasteiger charge is -2.35. The zero-order valence-corrected chi connectivity index (χ0v) is 17.6. The van der Waals surface area contributed by atoms with Gasteiger partial charge >= 0.3 is 0 Å². The van der Waals surface area contributed by atoms with Crippen molar-refractivity contribution < 1.29 is 9.53 Å². The summed E-state index contributed by atoms with van der Waals surface area (Å²) in [5.74, 6) is 1.62. The fourth-order valence-corrected chi connectivity index (χ4v) is 3.77. The maximum Gasteiger partial charge on any atom is 0.241 e. The SMILES string of the molecule is CNCCC1CCN(C(C)C(=O)Nc2ccc(OCc3ccccc3)cc2)CC1. The monoisotopic (exact) mass is 395 g/mol. The second kappa shape index (κ2) is 11.0. The summed E-state index contributed by atoms with van der Waals surface area (Å²) in [6.45, 7) is 5.60. The van der Waals surface area contributed by atoms with Gasteiger partial charge in [0.25, 0.3) is 0 Å². The molecule has 1 aliphatic rings. The van der Waals surface area contributed by atoms with Crippen molar-refractivity contribution in [3.63, 3.8) is 0 Å². The summed E-state index contributed by atoms with van der Waals surface area (Å²) in [4.78, 5) is 15.0. The molecule has 0 radical (unpaired) electrons. The van der Waals surface area contributed by atoms with E-state index in [0.29, 0.717) is 6.61 Å². The number of benzene rings is 2. The number of ether oxygens (including phenoxy) is 1. The molecule has 3 rings (SSSR count). The Hall–Kier alpha value is -2.37. The average Bonchev–Trinajstić information content (AvgIpc) is 2.77. The molecule has 2 N–H and O–H groups in total. The van der Waals surface area contributed by atoms with Crippen molar-refractivity contribution >= 4 is 11.6 Å². The molecule has 0 bridgehead atoms. The first-order valence-electron chi connectivity index (χ1n) is 10.6. The lowest BCUT2D eigenvalue weighted by molar-refractivity contribution is -0.121. The van der Waals surface area contributed by atoms with Crippen LogP contribution in [0.25, 0.3) is 0 Å². The van der Waals surface area contributed by atoms with Gasteiger partial charge in [-0.15, -0.1) is 0 Å². The molecule has 2 aromatic rings. The van der Waals surface area contributed by atoms with Gasteiger partial charge in [-0.25, -0.2) is 0 Å². The Labute approximate surface area is 174 Å². The van der Waals surface area contributed by atoms with Gasteiger partial charge in [-0.1, -0.05) is 30.3 Å². The van der Waals surface area contributed by atoms with Crippen LogP contribution >= 0.6 is 0 Å². The van der Waals surface area contributed by atoms with Crippen molar-refractivity contribution in [1.29, 1.82) is 0 Å². The van der Waals surface area contributed by atoms with Crippen LogP contribution in [0, 0.1) is 5.92 Å². The normalized spacial score (nSPS) is 16.3. The summed E-state index contributed by atoms with van der Waals surface area (Å²) in [6, 6.07) is 17.6. The highest BCUT2D eigenvalue weighted by Gasteiger charge is 2.26. The van der Waals surface area contributed by atoms with Crippen molar-refractivity contribution in [1.82, 2.24) is 10.2 Å². The molecule has 29 heavy (non-hydrogen) atoms. The fourth-order valence-electron chi connectivity index (χ4n) is 3.77.